The summed E-state index contributed by atoms with van der Waals surface area (Å²) < 4.78 is 0. The average molecular weight is 323 g/mol. The number of rotatable bonds is 4. The topological polar surface area (TPSA) is 53.1 Å². The van der Waals surface area contributed by atoms with Gasteiger partial charge < -0.3 is 15.5 Å². The van der Waals surface area contributed by atoms with Crippen molar-refractivity contribution in [1.29, 1.82) is 0 Å². The summed E-state index contributed by atoms with van der Waals surface area (Å²) in [7, 11) is 0. The largest absolute Gasteiger partial charge is 0.350 e. The normalized spacial score (nSPS) is 14.1. The number of benzene rings is 1. The molecule has 0 unspecified atom stereocenters. The fraction of sp³-hybridized carbons (Fsp3) is 0.368. The summed E-state index contributed by atoms with van der Waals surface area (Å²) in [5.74, 6) is 1.46. The van der Waals surface area contributed by atoms with Crippen LogP contribution in [0, 0.1) is 6.92 Å². The van der Waals surface area contributed by atoms with Crippen molar-refractivity contribution in [2.24, 2.45) is 0 Å². The van der Waals surface area contributed by atoms with E-state index in [4.69, 9.17) is 0 Å². The molecule has 0 bridgehead atoms. The predicted molar refractivity (Wildman–Crippen MR) is 101 cm³/mol. The van der Waals surface area contributed by atoms with Gasteiger partial charge in [0.05, 0.1) is 0 Å². The molecule has 2 aromatic rings. The first-order chi connectivity index (χ1) is 11.4. The third-order valence-electron chi connectivity index (χ3n) is 3.72. The van der Waals surface area contributed by atoms with Crippen LogP contribution >= 0.6 is 0 Å². The summed E-state index contributed by atoms with van der Waals surface area (Å²) >= 11 is 0. The van der Waals surface area contributed by atoms with Gasteiger partial charge in [0.2, 0.25) is 5.95 Å². The highest BCUT2D eigenvalue weighted by Crippen LogP contribution is 2.26. The fourth-order valence-corrected chi connectivity index (χ4v) is 2.57. The van der Waals surface area contributed by atoms with Crippen LogP contribution in [0.5, 0.6) is 0 Å². The van der Waals surface area contributed by atoms with Crippen molar-refractivity contribution in [2.75, 3.05) is 22.1 Å². The average Bonchev–Trinajstić information content (AvgIpc) is 3.04. The molecule has 1 aliphatic heterocycles. The molecule has 2 N–H and O–H groups in total. The van der Waals surface area contributed by atoms with Gasteiger partial charge in [-0.25, -0.2) is 4.98 Å². The van der Waals surface area contributed by atoms with Gasteiger partial charge in [-0.2, -0.15) is 4.98 Å². The quantitative estimate of drug-likeness (QED) is 0.870. The van der Waals surface area contributed by atoms with Gasteiger partial charge in [-0.15, -0.1) is 0 Å². The van der Waals surface area contributed by atoms with Crippen LogP contribution in [0.15, 0.2) is 42.7 Å². The molecule has 0 spiro atoms. The van der Waals surface area contributed by atoms with Crippen molar-refractivity contribution in [3.63, 3.8) is 0 Å². The molecule has 0 amide bonds. The molecule has 0 atom stereocenters. The first kappa shape index (κ1) is 16.3. The smallest absolute Gasteiger partial charge is 0.225 e. The van der Waals surface area contributed by atoms with Gasteiger partial charge in [0.25, 0.3) is 0 Å². The van der Waals surface area contributed by atoms with Gasteiger partial charge in [-0.3, -0.25) is 0 Å². The number of aromatic nitrogens is 2. The molecule has 24 heavy (non-hydrogen) atoms. The molecule has 1 aromatic heterocycles. The van der Waals surface area contributed by atoms with Crippen molar-refractivity contribution in [2.45, 2.75) is 39.7 Å². The lowest BCUT2D eigenvalue weighted by atomic mass is 10.1. The number of nitrogens with zero attached hydrogens (tertiary/aromatic N) is 3. The number of anilines is 4. The second kappa shape index (κ2) is 6.51. The SMILES string of the molecule is Cc1cnc(NC(C)(C)C)nc1Nc1cccc(N2C=CCC2)c1. The molecule has 0 saturated heterocycles. The van der Waals surface area contributed by atoms with Crippen LogP contribution in [0.1, 0.15) is 32.8 Å². The van der Waals surface area contributed by atoms with E-state index in [1.165, 1.54) is 5.69 Å². The number of hydrogen-bond donors (Lipinski definition) is 2. The monoisotopic (exact) mass is 323 g/mol. The third-order valence-corrected chi connectivity index (χ3v) is 3.72. The maximum atomic E-state index is 4.62. The molecule has 0 saturated carbocycles. The van der Waals surface area contributed by atoms with Crippen molar-refractivity contribution in [3.05, 3.63) is 48.3 Å². The molecule has 0 fully saturated rings. The number of nitrogens with one attached hydrogen (secondary N) is 2. The van der Waals surface area contributed by atoms with Gasteiger partial charge >= 0.3 is 0 Å². The van der Waals surface area contributed by atoms with Gasteiger partial charge in [0.15, 0.2) is 0 Å². The molecule has 5 heteroatoms. The van der Waals surface area contributed by atoms with Crippen molar-refractivity contribution in [3.8, 4) is 0 Å². The summed E-state index contributed by atoms with van der Waals surface area (Å²) in [5.41, 5.74) is 3.15. The Morgan fingerprint density at radius 3 is 2.75 bits per heavy atom. The van der Waals surface area contributed by atoms with Crippen LogP contribution < -0.4 is 15.5 Å². The zero-order valence-electron chi connectivity index (χ0n) is 14.8. The van der Waals surface area contributed by atoms with Crippen LogP contribution in [0.2, 0.25) is 0 Å². The summed E-state index contributed by atoms with van der Waals surface area (Å²) in [5, 5.41) is 6.73. The van der Waals surface area contributed by atoms with Crippen LogP contribution in [0.4, 0.5) is 23.1 Å². The molecule has 126 valence electrons. The lowest BCUT2D eigenvalue weighted by Crippen LogP contribution is -2.27. The van der Waals surface area contributed by atoms with E-state index in [0.29, 0.717) is 5.95 Å². The fourth-order valence-electron chi connectivity index (χ4n) is 2.57. The van der Waals surface area contributed by atoms with Crippen molar-refractivity contribution >= 4 is 23.1 Å². The highest BCUT2D eigenvalue weighted by atomic mass is 15.2. The second-order valence-electron chi connectivity index (χ2n) is 7.14. The van der Waals surface area contributed by atoms with Crippen molar-refractivity contribution in [1.82, 2.24) is 9.97 Å². The molecule has 1 aliphatic rings. The van der Waals surface area contributed by atoms with E-state index < -0.39 is 0 Å². The highest BCUT2D eigenvalue weighted by Gasteiger charge is 2.13. The molecule has 3 rings (SSSR count). The van der Waals surface area contributed by atoms with Gasteiger partial charge in [-0.1, -0.05) is 12.1 Å². The Morgan fingerprint density at radius 2 is 2.04 bits per heavy atom. The Morgan fingerprint density at radius 1 is 1.21 bits per heavy atom. The summed E-state index contributed by atoms with van der Waals surface area (Å²) in [4.78, 5) is 11.2. The third kappa shape index (κ3) is 4.04. The van der Waals surface area contributed by atoms with E-state index in [2.05, 4.69) is 82.8 Å². The van der Waals surface area contributed by atoms with E-state index in [9.17, 15) is 0 Å². The second-order valence-corrected chi connectivity index (χ2v) is 7.14. The van der Waals surface area contributed by atoms with E-state index >= 15 is 0 Å². The van der Waals surface area contributed by atoms with Gasteiger partial charge in [-0.05, 0) is 52.3 Å². The predicted octanol–water partition coefficient (Wildman–Crippen LogP) is 4.46. The molecular weight excluding hydrogens is 298 g/mol. The van der Waals surface area contributed by atoms with Gasteiger partial charge in [0, 0.05) is 41.4 Å². The molecule has 0 aliphatic carbocycles. The number of aryl methyl sites for hydroxylation is 1. The molecule has 1 aromatic carbocycles. The van der Waals surface area contributed by atoms with E-state index in [1.54, 1.807) is 0 Å². The zero-order chi connectivity index (χ0) is 17.2. The maximum absolute atomic E-state index is 4.62. The van der Waals surface area contributed by atoms with Crippen LogP contribution in [0.25, 0.3) is 0 Å². The van der Waals surface area contributed by atoms with Crippen LogP contribution in [0.3, 0.4) is 0 Å². The maximum Gasteiger partial charge on any atom is 0.225 e. The van der Waals surface area contributed by atoms with E-state index in [1.807, 2.05) is 13.1 Å². The summed E-state index contributed by atoms with van der Waals surface area (Å²) in [6.45, 7) is 9.33. The minimum atomic E-state index is -0.0749. The molecule has 0 radical (unpaired) electrons. The van der Waals surface area contributed by atoms with Crippen LogP contribution in [-0.2, 0) is 0 Å². The highest BCUT2D eigenvalue weighted by molar-refractivity contribution is 5.66. The van der Waals surface area contributed by atoms with E-state index in [0.717, 1.165) is 30.0 Å². The Labute approximate surface area is 143 Å². The Hall–Kier alpha value is -2.56. The standard InChI is InChI=1S/C19H25N5/c1-14-13-20-18(23-19(2,3)4)22-17(14)21-15-8-7-9-16(12-15)24-10-5-6-11-24/h5,7-10,12-13H,6,11H2,1-4H3,(H2,20,21,22,23). The minimum absolute atomic E-state index is 0.0749. The number of hydrogen-bond acceptors (Lipinski definition) is 5. The Bertz CT molecular complexity index is 746. The van der Waals surface area contributed by atoms with Gasteiger partial charge in [0.1, 0.15) is 5.82 Å². The lowest BCUT2D eigenvalue weighted by Gasteiger charge is -2.21. The van der Waals surface area contributed by atoms with E-state index in [-0.39, 0.29) is 5.54 Å². The molecule has 5 nitrogen and oxygen atoms in total. The Kier molecular flexibility index (Phi) is 4.42. The zero-order valence-corrected chi connectivity index (χ0v) is 14.8. The minimum Gasteiger partial charge on any atom is -0.350 e. The first-order valence-electron chi connectivity index (χ1n) is 8.33. The summed E-state index contributed by atoms with van der Waals surface area (Å²) in [6, 6.07) is 8.39. The lowest BCUT2D eigenvalue weighted by molar-refractivity contribution is 0.626. The molecule has 2 heterocycles. The van der Waals surface area contributed by atoms with Crippen molar-refractivity contribution < 1.29 is 0 Å². The summed E-state index contributed by atoms with van der Waals surface area (Å²) in [6.07, 6.45) is 7.28. The Balaban J connectivity index is 1.81. The molecular formula is C19H25N5. The van der Waals surface area contributed by atoms with Crippen LogP contribution in [-0.4, -0.2) is 22.1 Å². The first-order valence-corrected chi connectivity index (χ1v) is 8.33.